The Bertz CT molecular complexity index is 464. The molecule has 0 spiro atoms. The van der Waals surface area contributed by atoms with Gasteiger partial charge in [0.2, 0.25) is 0 Å². The molecule has 1 unspecified atom stereocenters. The molecule has 0 radical (unpaired) electrons. The number of nitrogens with zero attached hydrogens (tertiary/aromatic N) is 4. The monoisotopic (exact) mass is 294 g/mol. The van der Waals surface area contributed by atoms with Gasteiger partial charge in [-0.25, -0.2) is 4.99 Å². The zero-order chi connectivity index (χ0) is 15.1. The maximum absolute atomic E-state index is 5.40. The first-order valence-electron chi connectivity index (χ1n) is 7.68. The summed E-state index contributed by atoms with van der Waals surface area (Å²) in [6.45, 7) is 7.13. The van der Waals surface area contributed by atoms with Gasteiger partial charge in [-0.15, -0.1) is 10.2 Å². The lowest BCUT2D eigenvalue weighted by Gasteiger charge is -2.16. The molecule has 7 nitrogen and oxygen atoms in total. The Kier molecular flexibility index (Phi) is 5.98. The van der Waals surface area contributed by atoms with Crippen molar-refractivity contribution in [1.29, 1.82) is 0 Å². The van der Waals surface area contributed by atoms with Crippen LogP contribution in [0.2, 0.25) is 0 Å². The second-order valence-electron chi connectivity index (χ2n) is 5.37. The Morgan fingerprint density at radius 2 is 2.33 bits per heavy atom. The predicted octanol–water partition coefficient (Wildman–Crippen LogP) is 0.748. The van der Waals surface area contributed by atoms with Crippen LogP contribution < -0.4 is 10.6 Å². The van der Waals surface area contributed by atoms with Crippen molar-refractivity contribution in [3.05, 3.63) is 11.6 Å². The minimum atomic E-state index is 0.346. The first-order chi connectivity index (χ1) is 10.2. The lowest BCUT2D eigenvalue weighted by Crippen LogP contribution is -2.44. The molecule has 0 aliphatic carbocycles. The zero-order valence-corrected chi connectivity index (χ0v) is 13.2. The number of aromatic nitrogens is 3. The average molecular weight is 294 g/mol. The summed E-state index contributed by atoms with van der Waals surface area (Å²) in [4.78, 5) is 4.62. The number of aliphatic imine (C=N–C) groups is 1. The van der Waals surface area contributed by atoms with Crippen LogP contribution in [0.5, 0.6) is 0 Å². The van der Waals surface area contributed by atoms with Crippen molar-refractivity contribution in [2.75, 3.05) is 19.8 Å². The minimum absolute atomic E-state index is 0.346. The van der Waals surface area contributed by atoms with Crippen molar-refractivity contribution in [3.63, 3.8) is 0 Å². The Labute approximate surface area is 126 Å². The topological polar surface area (TPSA) is 76.4 Å². The highest BCUT2D eigenvalue weighted by atomic mass is 16.5. The van der Waals surface area contributed by atoms with Gasteiger partial charge >= 0.3 is 0 Å². The maximum atomic E-state index is 5.40. The molecule has 1 aromatic heterocycles. The van der Waals surface area contributed by atoms with Gasteiger partial charge in [0, 0.05) is 20.2 Å². The van der Waals surface area contributed by atoms with E-state index in [1.54, 1.807) is 0 Å². The summed E-state index contributed by atoms with van der Waals surface area (Å²) in [7, 11) is 1.96. The van der Waals surface area contributed by atoms with Gasteiger partial charge in [-0.2, -0.15) is 0 Å². The van der Waals surface area contributed by atoms with Gasteiger partial charge in [-0.3, -0.25) is 0 Å². The van der Waals surface area contributed by atoms with E-state index in [1.807, 2.05) is 18.5 Å². The van der Waals surface area contributed by atoms with Crippen LogP contribution in [-0.4, -0.2) is 46.5 Å². The predicted molar refractivity (Wildman–Crippen MR) is 82.1 cm³/mol. The highest BCUT2D eigenvalue weighted by Crippen LogP contribution is 2.04. The maximum Gasteiger partial charge on any atom is 0.192 e. The molecule has 1 aliphatic rings. The van der Waals surface area contributed by atoms with E-state index >= 15 is 0 Å². The molecule has 0 aromatic carbocycles. The molecule has 0 saturated carbocycles. The number of unbranched alkanes of at least 4 members (excludes halogenated alkanes) is 1. The third-order valence-electron chi connectivity index (χ3n) is 3.65. The smallest absolute Gasteiger partial charge is 0.192 e. The van der Waals surface area contributed by atoms with Gasteiger partial charge in [0.05, 0.1) is 12.6 Å². The number of ether oxygens (including phenoxy) is 1. The van der Waals surface area contributed by atoms with Gasteiger partial charge in [0.1, 0.15) is 12.4 Å². The summed E-state index contributed by atoms with van der Waals surface area (Å²) >= 11 is 0. The molecule has 2 heterocycles. The quantitative estimate of drug-likeness (QED) is 0.460. The molecular formula is C14H26N6O. The van der Waals surface area contributed by atoms with Crippen molar-refractivity contribution in [3.8, 4) is 0 Å². The van der Waals surface area contributed by atoms with E-state index in [1.165, 1.54) is 0 Å². The van der Waals surface area contributed by atoms with Gasteiger partial charge in [0.25, 0.3) is 0 Å². The van der Waals surface area contributed by atoms with Crippen LogP contribution in [0.3, 0.4) is 0 Å². The number of guanidine groups is 1. The molecule has 2 rings (SSSR count). The number of aryl methyl sites for hydroxylation is 1. The molecule has 1 fully saturated rings. The van der Waals surface area contributed by atoms with E-state index < -0.39 is 0 Å². The van der Waals surface area contributed by atoms with Gasteiger partial charge in [-0.1, -0.05) is 13.3 Å². The molecule has 2 N–H and O–H groups in total. The third kappa shape index (κ3) is 4.70. The Balaban J connectivity index is 1.95. The van der Waals surface area contributed by atoms with E-state index in [2.05, 4.69) is 32.7 Å². The summed E-state index contributed by atoms with van der Waals surface area (Å²) in [6.07, 6.45) is 3.32. The number of hydrogen-bond donors (Lipinski definition) is 2. The molecule has 1 aromatic rings. The van der Waals surface area contributed by atoms with Crippen LogP contribution in [0.1, 0.15) is 37.8 Å². The minimum Gasteiger partial charge on any atom is -0.379 e. The number of nitrogens with one attached hydrogen (secondary N) is 2. The van der Waals surface area contributed by atoms with Gasteiger partial charge < -0.3 is 19.9 Å². The third-order valence-corrected chi connectivity index (χ3v) is 3.65. The largest absolute Gasteiger partial charge is 0.379 e. The fourth-order valence-electron chi connectivity index (χ4n) is 2.12. The molecule has 1 saturated heterocycles. The lowest BCUT2D eigenvalue weighted by atomic mass is 10.3. The molecule has 21 heavy (non-hydrogen) atoms. The average Bonchev–Trinajstić information content (AvgIpc) is 3.09. The van der Waals surface area contributed by atoms with Crippen LogP contribution in [-0.2, 0) is 18.3 Å². The molecule has 1 aliphatic heterocycles. The first-order valence-corrected chi connectivity index (χ1v) is 7.68. The standard InChI is InChI=1S/C14H26N6O/c1-4-5-7-15-14(17-12-6-8-21-10-12)16-9-13-19-18-11(2)20(13)3/h12H,4-10H2,1-3H3,(H2,15,16,17). The van der Waals surface area contributed by atoms with Crippen LogP contribution >= 0.6 is 0 Å². The van der Waals surface area contributed by atoms with Crippen LogP contribution in [0.4, 0.5) is 0 Å². The van der Waals surface area contributed by atoms with E-state index in [9.17, 15) is 0 Å². The second-order valence-corrected chi connectivity index (χ2v) is 5.37. The fraction of sp³-hybridized carbons (Fsp3) is 0.786. The fourth-order valence-corrected chi connectivity index (χ4v) is 2.12. The highest BCUT2D eigenvalue weighted by molar-refractivity contribution is 5.80. The number of hydrogen-bond acceptors (Lipinski definition) is 4. The van der Waals surface area contributed by atoms with Crippen molar-refractivity contribution in [1.82, 2.24) is 25.4 Å². The molecule has 0 bridgehead atoms. The number of rotatable bonds is 6. The van der Waals surface area contributed by atoms with Crippen molar-refractivity contribution >= 4 is 5.96 Å². The molecule has 118 valence electrons. The molecule has 1 atom stereocenters. The molecular weight excluding hydrogens is 268 g/mol. The van der Waals surface area contributed by atoms with Crippen molar-refractivity contribution < 1.29 is 4.74 Å². The van der Waals surface area contributed by atoms with Gasteiger partial charge in [-0.05, 0) is 19.8 Å². The first kappa shape index (κ1) is 15.8. The summed E-state index contributed by atoms with van der Waals surface area (Å²) in [5.41, 5.74) is 0. The molecule has 7 heteroatoms. The summed E-state index contributed by atoms with van der Waals surface area (Å²) in [6, 6.07) is 0.346. The van der Waals surface area contributed by atoms with Crippen molar-refractivity contribution in [2.45, 2.75) is 45.7 Å². The summed E-state index contributed by atoms with van der Waals surface area (Å²) in [5.74, 6) is 2.60. The lowest BCUT2D eigenvalue weighted by molar-refractivity contribution is 0.192. The Morgan fingerprint density at radius 3 is 2.95 bits per heavy atom. The van der Waals surface area contributed by atoms with Crippen LogP contribution in [0, 0.1) is 6.92 Å². The van der Waals surface area contributed by atoms with Crippen LogP contribution in [0.15, 0.2) is 4.99 Å². The van der Waals surface area contributed by atoms with E-state index in [0.717, 1.165) is 56.6 Å². The Morgan fingerprint density at radius 1 is 1.48 bits per heavy atom. The zero-order valence-electron chi connectivity index (χ0n) is 13.2. The Hall–Kier alpha value is -1.63. The second kappa shape index (κ2) is 7.97. The highest BCUT2D eigenvalue weighted by Gasteiger charge is 2.16. The van der Waals surface area contributed by atoms with Crippen LogP contribution in [0.25, 0.3) is 0 Å². The van der Waals surface area contributed by atoms with E-state index in [-0.39, 0.29) is 0 Å². The SMILES string of the molecule is CCCCNC(=NCc1nnc(C)n1C)NC1CCOC1. The van der Waals surface area contributed by atoms with Gasteiger partial charge in [0.15, 0.2) is 11.8 Å². The summed E-state index contributed by atoms with van der Waals surface area (Å²) < 4.78 is 7.36. The van der Waals surface area contributed by atoms with E-state index in [0.29, 0.717) is 12.6 Å². The summed E-state index contributed by atoms with van der Waals surface area (Å²) in [5, 5.41) is 15.0. The molecule has 0 amide bonds. The van der Waals surface area contributed by atoms with Crippen molar-refractivity contribution in [2.24, 2.45) is 12.0 Å². The normalized spacial score (nSPS) is 19.0. The van der Waals surface area contributed by atoms with E-state index in [4.69, 9.17) is 4.74 Å².